The maximum absolute atomic E-state index is 13.7. The van der Waals surface area contributed by atoms with Crippen LogP contribution in [0.25, 0.3) is 0 Å². The zero-order chi connectivity index (χ0) is 21.7. The lowest BCUT2D eigenvalue weighted by Gasteiger charge is -2.53. The van der Waals surface area contributed by atoms with Crippen molar-refractivity contribution in [2.45, 2.75) is 58.2 Å². The normalized spacial score (nSPS) is 27.0. The van der Waals surface area contributed by atoms with Gasteiger partial charge in [0.1, 0.15) is 5.82 Å². The Morgan fingerprint density at radius 1 is 1.03 bits per heavy atom. The first-order chi connectivity index (χ1) is 14.4. The minimum Gasteiger partial charge on any atom is -0.395 e. The highest BCUT2D eigenvalue weighted by atomic mass is 19.1. The molecule has 4 heteroatoms. The molecule has 1 aliphatic rings. The van der Waals surface area contributed by atoms with E-state index in [1.54, 1.807) is 0 Å². The number of halogens is 1. The van der Waals surface area contributed by atoms with Crippen molar-refractivity contribution < 1.29 is 14.2 Å². The van der Waals surface area contributed by atoms with Crippen molar-refractivity contribution >= 4 is 0 Å². The standard InChI is InChI=1S/C26H36FNO2/c1-18(2)24-14-26(17-29,21-10-12-22(27)13-11-21)23(25(28-24)19(3)4)16-30-15-20-8-6-5-7-9-20/h5-13,18-19,23-25,28-29H,14-17H2,1-4H3. The lowest BCUT2D eigenvalue weighted by atomic mass is 9.59. The van der Waals surface area contributed by atoms with Crippen molar-refractivity contribution in [2.75, 3.05) is 13.2 Å². The average Bonchev–Trinajstić information content (AvgIpc) is 2.74. The van der Waals surface area contributed by atoms with Gasteiger partial charge in [-0.1, -0.05) is 70.2 Å². The highest BCUT2D eigenvalue weighted by molar-refractivity contribution is 5.30. The molecule has 4 unspecified atom stereocenters. The Labute approximate surface area is 180 Å². The number of hydrogen-bond acceptors (Lipinski definition) is 3. The Kier molecular flexibility index (Phi) is 7.67. The number of rotatable bonds is 8. The first kappa shape index (κ1) is 22.9. The summed E-state index contributed by atoms with van der Waals surface area (Å²) in [5.41, 5.74) is 1.66. The minimum atomic E-state index is -0.473. The Morgan fingerprint density at radius 3 is 2.27 bits per heavy atom. The quantitative estimate of drug-likeness (QED) is 0.645. The third-order valence-corrected chi connectivity index (χ3v) is 6.77. The molecule has 1 aliphatic heterocycles. The molecule has 0 aliphatic carbocycles. The lowest BCUT2D eigenvalue weighted by Crippen LogP contribution is -2.64. The summed E-state index contributed by atoms with van der Waals surface area (Å²) in [5.74, 6) is 0.636. The van der Waals surface area contributed by atoms with Gasteiger partial charge in [-0.3, -0.25) is 0 Å². The molecule has 0 spiro atoms. The van der Waals surface area contributed by atoms with E-state index in [0.717, 1.165) is 17.5 Å². The SMILES string of the molecule is CC(C)C1CC(CO)(c2ccc(F)cc2)C(COCc2ccccc2)C(C(C)C)N1. The van der Waals surface area contributed by atoms with Crippen LogP contribution in [0.15, 0.2) is 54.6 Å². The van der Waals surface area contributed by atoms with Gasteiger partial charge < -0.3 is 15.2 Å². The number of aliphatic hydroxyl groups excluding tert-OH is 1. The van der Waals surface area contributed by atoms with Crippen LogP contribution in [0.4, 0.5) is 4.39 Å². The first-order valence-electron chi connectivity index (χ1n) is 11.1. The zero-order valence-corrected chi connectivity index (χ0v) is 18.6. The smallest absolute Gasteiger partial charge is 0.123 e. The highest BCUT2D eigenvalue weighted by Gasteiger charge is 2.50. The average molecular weight is 414 g/mol. The van der Waals surface area contributed by atoms with E-state index in [2.05, 4.69) is 45.1 Å². The minimum absolute atomic E-state index is 0.0200. The molecule has 4 atom stereocenters. The van der Waals surface area contributed by atoms with Crippen LogP contribution in [0.5, 0.6) is 0 Å². The van der Waals surface area contributed by atoms with Crippen molar-refractivity contribution in [3.8, 4) is 0 Å². The molecule has 3 nitrogen and oxygen atoms in total. The van der Waals surface area contributed by atoms with Gasteiger partial charge in [0.05, 0.1) is 19.8 Å². The molecule has 164 valence electrons. The third kappa shape index (κ3) is 4.93. The van der Waals surface area contributed by atoms with Crippen LogP contribution in [-0.2, 0) is 16.8 Å². The third-order valence-electron chi connectivity index (χ3n) is 6.77. The topological polar surface area (TPSA) is 41.5 Å². The number of nitrogens with one attached hydrogen (secondary N) is 1. The maximum atomic E-state index is 13.7. The van der Waals surface area contributed by atoms with Gasteiger partial charge in [0.2, 0.25) is 0 Å². The molecule has 0 aromatic heterocycles. The van der Waals surface area contributed by atoms with Crippen LogP contribution >= 0.6 is 0 Å². The van der Waals surface area contributed by atoms with E-state index in [-0.39, 0.29) is 30.4 Å². The van der Waals surface area contributed by atoms with Crippen LogP contribution < -0.4 is 5.32 Å². The molecule has 0 saturated carbocycles. The Bertz CT molecular complexity index is 777. The van der Waals surface area contributed by atoms with Gasteiger partial charge in [0.15, 0.2) is 0 Å². The number of piperidine rings is 1. The fourth-order valence-electron chi connectivity index (χ4n) is 4.92. The molecule has 1 saturated heterocycles. The molecule has 30 heavy (non-hydrogen) atoms. The van der Waals surface area contributed by atoms with Gasteiger partial charge in [0, 0.05) is 23.4 Å². The molecular formula is C26H36FNO2. The van der Waals surface area contributed by atoms with E-state index in [4.69, 9.17) is 4.74 Å². The summed E-state index contributed by atoms with van der Waals surface area (Å²) >= 11 is 0. The fraction of sp³-hybridized carbons (Fsp3) is 0.538. The van der Waals surface area contributed by atoms with E-state index < -0.39 is 5.41 Å². The van der Waals surface area contributed by atoms with E-state index in [0.29, 0.717) is 25.0 Å². The Balaban J connectivity index is 1.94. The summed E-state index contributed by atoms with van der Waals surface area (Å²) in [5, 5.41) is 14.6. The monoisotopic (exact) mass is 413 g/mol. The zero-order valence-electron chi connectivity index (χ0n) is 18.6. The van der Waals surface area contributed by atoms with Crippen LogP contribution in [-0.4, -0.2) is 30.4 Å². The predicted molar refractivity (Wildman–Crippen MR) is 120 cm³/mol. The van der Waals surface area contributed by atoms with Gasteiger partial charge in [-0.15, -0.1) is 0 Å². The second-order valence-corrected chi connectivity index (χ2v) is 9.42. The molecule has 0 bridgehead atoms. The summed E-state index contributed by atoms with van der Waals surface area (Å²) in [7, 11) is 0. The molecule has 0 amide bonds. The van der Waals surface area contributed by atoms with Crippen molar-refractivity contribution in [1.29, 1.82) is 0 Å². The number of ether oxygens (including phenoxy) is 1. The van der Waals surface area contributed by atoms with Crippen molar-refractivity contribution in [1.82, 2.24) is 5.32 Å². The largest absolute Gasteiger partial charge is 0.395 e. The molecule has 2 N–H and O–H groups in total. The Morgan fingerprint density at radius 2 is 1.70 bits per heavy atom. The van der Waals surface area contributed by atoms with Gasteiger partial charge >= 0.3 is 0 Å². The molecule has 1 heterocycles. The van der Waals surface area contributed by atoms with E-state index in [1.807, 2.05) is 30.3 Å². The van der Waals surface area contributed by atoms with Gasteiger partial charge in [0.25, 0.3) is 0 Å². The summed E-state index contributed by atoms with van der Waals surface area (Å²) < 4.78 is 19.9. The number of aliphatic hydroxyl groups is 1. The van der Waals surface area contributed by atoms with Crippen LogP contribution in [0.1, 0.15) is 45.2 Å². The van der Waals surface area contributed by atoms with Crippen molar-refractivity contribution in [2.24, 2.45) is 17.8 Å². The summed E-state index contributed by atoms with van der Waals surface area (Å²) in [6.45, 7) is 9.97. The molecule has 2 aromatic carbocycles. The highest BCUT2D eigenvalue weighted by Crippen LogP contribution is 2.45. The fourth-order valence-corrected chi connectivity index (χ4v) is 4.92. The van der Waals surface area contributed by atoms with E-state index in [1.165, 1.54) is 12.1 Å². The summed E-state index contributed by atoms with van der Waals surface area (Å²) in [6.07, 6.45) is 0.801. The van der Waals surface area contributed by atoms with E-state index in [9.17, 15) is 9.50 Å². The van der Waals surface area contributed by atoms with Crippen molar-refractivity contribution in [3.63, 3.8) is 0 Å². The van der Waals surface area contributed by atoms with Crippen LogP contribution in [0, 0.1) is 23.6 Å². The maximum Gasteiger partial charge on any atom is 0.123 e. The second kappa shape index (κ2) is 10.0. The number of benzene rings is 2. The molecule has 3 rings (SSSR count). The first-order valence-corrected chi connectivity index (χ1v) is 11.1. The van der Waals surface area contributed by atoms with Crippen LogP contribution in [0.3, 0.4) is 0 Å². The van der Waals surface area contributed by atoms with Crippen LogP contribution in [0.2, 0.25) is 0 Å². The molecular weight excluding hydrogens is 377 g/mol. The Hall–Kier alpha value is -1.75. The van der Waals surface area contributed by atoms with Gasteiger partial charge in [-0.05, 0) is 41.5 Å². The van der Waals surface area contributed by atoms with E-state index >= 15 is 0 Å². The molecule has 2 aromatic rings. The molecule has 0 radical (unpaired) electrons. The summed E-state index contributed by atoms with van der Waals surface area (Å²) in [6, 6.07) is 17.3. The molecule has 1 fully saturated rings. The predicted octanol–water partition coefficient (Wildman–Crippen LogP) is 4.93. The van der Waals surface area contributed by atoms with Crippen molar-refractivity contribution in [3.05, 3.63) is 71.5 Å². The van der Waals surface area contributed by atoms with Gasteiger partial charge in [-0.25, -0.2) is 4.39 Å². The van der Waals surface area contributed by atoms with Gasteiger partial charge in [-0.2, -0.15) is 0 Å². The second-order valence-electron chi connectivity index (χ2n) is 9.42. The number of hydrogen-bond donors (Lipinski definition) is 2. The lowest BCUT2D eigenvalue weighted by molar-refractivity contribution is -0.0300. The summed E-state index contributed by atoms with van der Waals surface area (Å²) in [4.78, 5) is 0.